The summed E-state index contributed by atoms with van der Waals surface area (Å²) in [6.07, 6.45) is 6.13. The van der Waals surface area contributed by atoms with E-state index in [2.05, 4.69) is 34.6 Å². The molecule has 0 rings (SSSR count). The molecule has 0 fully saturated rings. The molecule has 0 aromatic carbocycles. The highest BCUT2D eigenvalue weighted by molar-refractivity contribution is 4.75. The van der Waals surface area contributed by atoms with Gasteiger partial charge in [-0.2, -0.15) is 0 Å². The molecule has 2 nitrogen and oxygen atoms in total. The van der Waals surface area contributed by atoms with Crippen molar-refractivity contribution in [2.45, 2.75) is 71.5 Å². The largest absolute Gasteiger partial charge is 0.385 e. The molecular weight excluding hydrogens is 212 g/mol. The van der Waals surface area contributed by atoms with Crippen molar-refractivity contribution >= 4 is 0 Å². The van der Waals surface area contributed by atoms with Crippen molar-refractivity contribution < 1.29 is 9.47 Å². The summed E-state index contributed by atoms with van der Waals surface area (Å²) in [6, 6.07) is 0. The summed E-state index contributed by atoms with van der Waals surface area (Å²) >= 11 is 0. The van der Waals surface area contributed by atoms with E-state index in [-0.39, 0.29) is 11.7 Å². The van der Waals surface area contributed by atoms with Crippen molar-refractivity contribution in [3.8, 4) is 0 Å². The van der Waals surface area contributed by atoms with Crippen LogP contribution in [0.15, 0.2) is 0 Å². The van der Waals surface area contributed by atoms with Crippen LogP contribution in [-0.4, -0.2) is 25.4 Å². The molecular formula is C15H31O2. The van der Waals surface area contributed by atoms with Crippen molar-refractivity contribution in [3.63, 3.8) is 0 Å². The summed E-state index contributed by atoms with van der Waals surface area (Å²) in [5.74, 6) is 0.580. The van der Waals surface area contributed by atoms with Gasteiger partial charge in [-0.05, 0) is 46.5 Å². The maximum atomic E-state index is 5.93. The lowest BCUT2D eigenvalue weighted by atomic mass is 9.93. The Bertz CT molecular complexity index is 172. The summed E-state index contributed by atoms with van der Waals surface area (Å²) in [4.78, 5) is 0. The minimum atomic E-state index is -0.0874. The van der Waals surface area contributed by atoms with Crippen LogP contribution in [0.2, 0.25) is 0 Å². The average Bonchev–Trinajstić information content (AvgIpc) is 2.20. The van der Waals surface area contributed by atoms with E-state index >= 15 is 0 Å². The van der Waals surface area contributed by atoms with Crippen LogP contribution in [0.4, 0.5) is 0 Å². The van der Waals surface area contributed by atoms with Crippen LogP contribution < -0.4 is 0 Å². The molecule has 0 aliphatic carbocycles. The molecule has 0 aromatic rings. The third kappa shape index (κ3) is 9.61. The van der Waals surface area contributed by atoms with Crippen molar-refractivity contribution in [1.29, 1.82) is 0 Å². The molecule has 0 heterocycles. The van der Waals surface area contributed by atoms with Gasteiger partial charge in [0.15, 0.2) is 0 Å². The number of hydrogen-bond donors (Lipinski definition) is 0. The molecule has 2 unspecified atom stereocenters. The average molecular weight is 243 g/mol. The number of hydrogen-bond acceptors (Lipinski definition) is 2. The number of methoxy groups -OCH3 is 1. The van der Waals surface area contributed by atoms with E-state index in [1.807, 2.05) is 0 Å². The van der Waals surface area contributed by atoms with Crippen LogP contribution in [0.3, 0.4) is 0 Å². The highest BCUT2D eigenvalue weighted by atomic mass is 16.5. The van der Waals surface area contributed by atoms with Crippen LogP contribution in [0, 0.1) is 12.8 Å². The Hall–Kier alpha value is -0.0800. The summed E-state index contributed by atoms with van der Waals surface area (Å²) in [6.45, 7) is 13.5. The molecule has 0 aliphatic heterocycles. The molecule has 2 atom stereocenters. The first-order valence-corrected chi connectivity index (χ1v) is 6.90. The molecule has 0 amide bonds. The van der Waals surface area contributed by atoms with Crippen LogP contribution >= 0.6 is 0 Å². The van der Waals surface area contributed by atoms with Crippen molar-refractivity contribution in [2.24, 2.45) is 5.92 Å². The summed E-state index contributed by atoms with van der Waals surface area (Å²) in [5, 5.41) is 0. The molecule has 0 aromatic heterocycles. The Morgan fingerprint density at radius 2 is 1.76 bits per heavy atom. The van der Waals surface area contributed by atoms with Crippen LogP contribution in [-0.2, 0) is 9.47 Å². The van der Waals surface area contributed by atoms with E-state index in [1.54, 1.807) is 7.11 Å². The summed E-state index contributed by atoms with van der Waals surface area (Å²) in [5.41, 5.74) is -0.0874. The Kier molecular flexibility index (Phi) is 8.89. The minimum Gasteiger partial charge on any atom is -0.385 e. The maximum Gasteiger partial charge on any atom is 0.0611 e. The zero-order chi connectivity index (χ0) is 13.3. The Morgan fingerprint density at radius 3 is 2.24 bits per heavy atom. The molecule has 1 radical (unpaired) electrons. The molecule has 0 N–H and O–H groups in total. The topological polar surface area (TPSA) is 18.5 Å². The second-order valence-electron chi connectivity index (χ2n) is 5.78. The van der Waals surface area contributed by atoms with Gasteiger partial charge in [-0.1, -0.05) is 26.2 Å². The van der Waals surface area contributed by atoms with E-state index in [4.69, 9.17) is 9.47 Å². The van der Waals surface area contributed by atoms with Gasteiger partial charge in [-0.3, -0.25) is 0 Å². The number of unbranched alkanes of at least 4 members (excludes halogenated alkanes) is 2. The summed E-state index contributed by atoms with van der Waals surface area (Å²) < 4.78 is 11.0. The molecule has 0 saturated carbocycles. The third-order valence-corrected chi connectivity index (χ3v) is 2.98. The second kappa shape index (κ2) is 8.93. The zero-order valence-corrected chi connectivity index (χ0v) is 12.4. The van der Waals surface area contributed by atoms with Crippen LogP contribution in [0.1, 0.15) is 59.8 Å². The van der Waals surface area contributed by atoms with Crippen LogP contribution in [0.5, 0.6) is 0 Å². The quantitative estimate of drug-likeness (QED) is 0.564. The highest BCUT2D eigenvalue weighted by Crippen LogP contribution is 2.23. The van der Waals surface area contributed by atoms with E-state index in [0.29, 0.717) is 5.92 Å². The standard InChI is InChI=1S/C15H31O2/c1-7-14(11-9-8-10-12-16-6)13(2)17-15(3,4)5/h13-14H,2,7-12H2,1,3-6H3. The monoisotopic (exact) mass is 243 g/mol. The molecule has 0 spiro atoms. The van der Waals surface area contributed by atoms with Gasteiger partial charge in [0.25, 0.3) is 0 Å². The first-order chi connectivity index (χ1) is 7.90. The van der Waals surface area contributed by atoms with Gasteiger partial charge in [-0.15, -0.1) is 0 Å². The molecule has 0 saturated heterocycles. The lowest BCUT2D eigenvalue weighted by molar-refractivity contribution is -0.0657. The van der Waals surface area contributed by atoms with Gasteiger partial charge < -0.3 is 9.47 Å². The summed E-state index contributed by atoms with van der Waals surface area (Å²) in [7, 11) is 1.76. The van der Waals surface area contributed by atoms with Crippen molar-refractivity contribution in [1.82, 2.24) is 0 Å². The Balaban J connectivity index is 3.81. The lowest BCUT2D eigenvalue weighted by Gasteiger charge is -2.30. The van der Waals surface area contributed by atoms with E-state index < -0.39 is 0 Å². The number of ether oxygens (including phenoxy) is 2. The number of rotatable bonds is 9. The normalized spacial score (nSPS) is 15.9. The minimum absolute atomic E-state index is 0.0874. The van der Waals surface area contributed by atoms with E-state index in [9.17, 15) is 0 Å². The molecule has 17 heavy (non-hydrogen) atoms. The van der Waals surface area contributed by atoms with Gasteiger partial charge >= 0.3 is 0 Å². The van der Waals surface area contributed by atoms with Gasteiger partial charge in [0.05, 0.1) is 11.7 Å². The third-order valence-electron chi connectivity index (χ3n) is 2.98. The predicted octanol–water partition coefficient (Wildman–Crippen LogP) is 4.24. The first kappa shape index (κ1) is 16.9. The zero-order valence-electron chi connectivity index (χ0n) is 12.4. The van der Waals surface area contributed by atoms with Gasteiger partial charge in [-0.25, -0.2) is 0 Å². The smallest absolute Gasteiger partial charge is 0.0611 e. The van der Waals surface area contributed by atoms with Gasteiger partial charge in [0.1, 0.15) is 0 Å². The Labute approximate surface area is 108 Å². The molecule has 2 heteroatoms. The van der Waals surface area contributed by atoms with Crippen molar-refractivity contribution in [3.05, 3.63) is 6.92 Å². The molecule has 103 valence electrons. The predicted molar refractivity (Wildman–Crippen MR) is 74.1 cm³/mol. The fourth-order valence-electron chi connectivity index (χ4n) is 2.03. The lowest BCUT2D eigenvalue weighted by Crippen LogP contribution is -2.30. The fourth-order valence-corrected chi connectivity index (χ4v) is 2.03. The van der Waals surface area contributed by atoms with E-state index in [1.165, 1.54) is 19.3 Å². The molecule has 0 bridgehead atoms. The molecule has 0 aliphatic rings. The van der Waals surface area contributed by atoms with Crippen molar-refractivity contribution in [2.75, 3.05) is 13.7 Å². The van der Waals surface area contributed by atoms with Gasteiger partial charge in [0.2, 0.25) is 0 Å². The fraction of sp³-hybridized carbons (Fsp3) is 0.933. The van der Waals surface area contributed by atoms with Crippen LogP contribution in [0.25, 0.3) is 0 Å². The SMILES string of the molecule is [CH2]C(OC(C)(C)C)C(CC)CCCCCOC. The van der Waals surface area contributed by atoms with E-state index in [0.717, 1.165) is 19.4 Å². The van der Waals surface area contributed by atoms with Gasteiger partial charge in [0, 0.05) is 13.7 Å². The second-order valence-corrected chi connectivity index (χ2v) is 5.78. The highest BCUT2D eigenvalue weighted by Gasteiger charge is 2.21. The Morgan fingerprint density at radius 1 is 1.12 bits per heavy atom. The first-order valence-electron chi connectivity index (χ1n) is 6.90. The maximum absolute atomic E-state index is 5.93.